The van der Waals surface area contributed by atoms with Gasteiger partial charge in [-0.05, 0) is 41.0 Å². The molecule has 16 heavy (non-hydrogen) atoms. The Morgan fingerprint density at radius 3 is 1.69 bits per heavy atom. The van der Waals surface area contributed by atoms with Crippen LogP contribution in [0.2, 0.25) is 0 Å². The average molecular weight is 208 g/mol. The second-order valence-electron chi connectivity index (χ2n) is 3.29. The molecule has 0 aliphatic rings. The van der Waals surface area contributed by atoms with Crippen molar-refractivity contribution >= 4 is 5.57 Å². The van der Waals surface area contributed by atoms with Gasteiger partial charge in [-0.2, -0.15) is 0 Å². The fourth-order valence-electron chi connectivity index (χ4n) is 1.54. The second kappa shape index (κ2) is 5.03. The standard InChI is InChI=1S/C14H12N2/c1-2-3-14(12-4-8-15-9-5-12)13-6-10-16-11-7-13/h2-11H,1H2. The summed E-state index contributed by atoms with van der Waals surface area (Å²) in [5, 5.41) is 0. The molecule has 78 valence electrons. The van der Waals surface area contributed by atoms with E-state index in [1.807, 2.05) is 30.3 Å². The smallest absolute Gasteiger partial charge is 0.0273 e. The van der Waals surface area contributed by atoms with Gasteiger partial charge in [0.1, 0.15) is 0 Å². The van der Waals surface area contributed by atoms with Gasteiger partial charge in [-0.25, -0.2) is 0 Å². The number of nitrogens with zero attached hydrogens (tertiary/aromatic N) is 2. The largest absolute Gasteiger partial charge is 0.265 e. The maximum Gasteiger partial charge on any atom is 0.0273 e. The first-order valence-corrected chi connectivity index (χ1v) is 5.05. The number of pyridine rings is 2. The molecule has 0 radical (unpaired) electrons. The van der Waals surface area contributed by atoms with Gasteiger partial charge in [0.2, 0.25) is 0 Å². The normalized spacial score (nSPS) is 9.50. The van der Waals surface area contributed by atoms with E-state index in [2.05, 4.69) is 16.5 Å². The lowest BCUT2D eigenvalue weighted by atomic mass is 9.99. The van der Waals surface area contributed by atoms with Gasteiger partial charge in [-0.3, -0.25) is 9.97 Å². The van der Waals surface area contributed by atoms with Crippen LogP contribution in [0.25, 0.3) is 5.57 Å². The highest BCUT2D eigenvalue weighted by Gasteiger charge is 2.02. The van der Waals surface area contributed by atoms with Crippen LogP contribution in [-0.4, -0.2) is 9.97 Å². The van der Waals surface area contributed by atoms with E-state index in [0.29, 0.717) is 0 Å². The van der Waals surface area contributed by atoms with Crippen LogP contribution in [0, 0.1) is 0 Å². The zero-order chi connectivity index (χ0) is 11.2. The zero-order valence-corrected chi connectivity index (χ0v) is 8.88. The van der Waals surface area contributed by atoms with E-state index < -0.39 is 0 Å². The molecule has 2 heterocycles. The molecule has 0 spiro atoms. The Bertz CT molecular complexity index is 445. The summed E-state index contributed by atoms with van der Waals surface area (Å²) in [5.74, 6) is 0. The quantitative estimate of drug-likeness (QED) is 0.724. The van der Waals surface area contributed by atoms with Crippen molar-refractivity contribution in [1.82, 2.24) is 9.97 Å². The van der Waals surface area contributed by atoms with Crippen molar-refractivity contribution in [3.8, 4) is 0 Å². The number of hydrogen-bond donors (Lipinski definition) is 0. The lowest BCUT2D eigenvalue weighted by Gasteiger charge is -2.06. The van der Waals surface area contributed by atoms with Gasteiger partial charge in [-0.1, -0.05) is 18.7 Å². The number of allylic oxidation sites excluding steroid dienone is 2. The number of hydrogen-bond acceptors (Lipinski definition) is 2. The molecule has 2 rings (SSSR count). The summed E-state index contributed by atoms with van der Waals surface area (Å²) >= 11 is 0. The lowest BCUT2D eigenvalue weighted by Crippen LogP contribution is -1.88. The SMILES string of the molecule is C=CC=C(c1ccncc1)c1ccncc1. The third-order valence-corrected chi connectivity index (χ3v) is 2.27. The molecule has 0 aromatic carbocycles. The highest BCUT2D eigenvalue weighted by atomic mass is 14.6. The molecule has 0 N–H and O–H groups in total. The Balaban J connectivity index is 2.48. The average Bonchev–Trinajstić information content (AvgIpc) is 2.38. The molecule has 0 saturated heterocycles. The zero-order valence-electron chi connectivity index (χ0n) is 8.88. The van der Waals surface area contributed by atoms with E-state index in [1.54, 1.807) is 30.9 Å². The monoisotopic (exact) mass is 208 g/mol. The van der Waals surface area contributed by atoms with Gasteiger partial charge in [-0.15, -0.1) is 0 Å². The molecule has 2 heteroatoms. The molecule has 2 aromatic rings. The van der Waals surface area contributed by atoms with Crippen LogP contribution >= 0.6 is 0 Å². The summed E-state index contributed by atoms with van der Waals surface area (Å²) in [4.78, 5) is 8.03. The van der Waals surface area contributed by atoms with Crippen LogP contribution in [0.15, 0.2) is 67.8 Å². The highest BCUT2D eigenvalue weighted by Crippen LogP contribution is 2.21. The van der Waals surface area contributed by atoms with E-state index in [9.17, 15) is 0 Å². The van der Waals surface area contributed by atoms with Gasteiger partial charge >= 0.3 is 0 Å². The molecule has 0 aliphatic carbocycles. The summed E-state index contributed by atoms with van der Waals surface area (Å²) in [5.41, 5.74) is 3.38. The van der Waals surface area contributed by atoms with Gasteiger partial charge in [0.15, 0.2) is 0 Å². The van der Waals surface area contributed by atoms with Crippen LogP contribution in [0.1, 0.15) is 11.1 Å². The van der Waals surface area contributed by atoms with Crippen molar-refractivity contribution in [2.45, 2.75) is 0 Å². The minimum absolute atomic E-state index is 1.12. The van der Waals surface area contributed by atoms with Gasteiger partial charge < -0.3 is 0 Å². The van der Waals surface area contributed by atoms with Crippen molar-refractivity contribution in [2.24, 2.45) is 0 Å². The summed E-state index contributed by atoms with van der Waals surface area (Å²) in [7, 11) is 0. The second-order valence-corrected chi connectivity index (χ2v) is 3.29. The molecular formula is C14H12N2. The predicted molar refractivity (Wildman–Crippen MR) is 65.8 cm³/mol. The van der Waals surface area contributed by atoms with Crippen LogP contribution in [-0.2, 0) is 0 Å². The van der Waals surface area contributed by atoms with Crippen molar-refractivity contribution in [3.05, 3.63) is 78.9 Å². The fraction of sp³-hybridized carbons (Fsp3) is 0. The Morgan fingerprint density at radius 1 is 0.875 bits per heavy atom. The van der Waals surface area contributed by atoms with E-state index in [4.69, 9.17) is 0 Å². The number of aromatic nitrogens is 2. The topological polar surface area (TPSA) is 25.8 Å². The van der Waals surface area contributed by atoms with Crippen LogP contribution < -0.4 is 0 Å². The molecule has 0 saturated carbocycles. The molecule has 0 aliphatic heterocycles. The molecule has 0 fully saturated rings. The maximum atomic E-state index is 4.02. The van der Waals surface area contributed by atoms with E-state index in [-0.39, 0.29) is 0 Å². The fourth-order valence-corrected chi connectivity index (χ4v) is 1.54. The van der Waals surface area contributed by atoms with Gasteiger partial charge in [0.25, 0.3) is 0 Å². The van der Waals surface area contributed by atoms with E-state index in [0.717, 1.165) is 16.7 Å². The molecule has 0 unspecified atom stereocenters. The highest BCUT2D eigenvalue weighted by molar-refractivity contribution is 5.80. The summed E-state index contributed by atoms with van der Waals surface area (Å²) in [6.07, 6.45) is 10.9. The predicted octanol–water partition coefficient (Wildman–Crippen LogP) is 3.09. The van der Waals surface area contributed by atoms with Gasteiger partial charge in [0.05, 0.1) is 0 Å². The van der Waals surface area contributed by atoms with Crippen LogP contribution in [0.5, 0.6) is 0 Å². The molecular weight excluding hydrogens is 196 g/mol. The Morgan fingerprint density at radius 2 is 1.31 bits per heavy atom. The van der Waals surface area contributed by atoms with E-state index in [1.165, 1.54) is 0 Å². The van der Waals surface area contributed by atoms with Crippen LogP contribution in [0.3, 0.4) is 0 Å². The van der Waals surface area contributed by atoms with E-state index >= 15 is 0 Å². The first-order chi connectivity index (χ1) is 7.92. The molecule has 2 nitrogen and oxygen atoms in total. The van der Waals surface area contributed by atoms with Crippen LogP contribution in [0.4, 0.5) is 0 Å². The molecule has 0 amide bonds. The van der Waals surface area contributed by atoms with Crippen molar-refractivity contribution in [3.63, 3.8) is 0 Å². The third kappa shape index (κ3) is 2.23. The summed E-state index contributed by atoms with van der Waals surface area (Å²) < 4.78 is 0. The first kappa shape index (κ1) is 10.3. The van der Waals surface area contributed by atoms with Crippen molar-refractivity contribution in [2.75, 3.05) is 0 Å². The molecule has 0 atom stereocenters. The number of rotatable bonds is 3. The Hall–Kier alpha value is -2.22. The minimum atomic E-state index is 1.12. The van der Waals surface area contributed by atoms with Crippen molar-refractivity contribution < 1.29 is 0 Å². The Kier molecular flexibility index (Phi) is 3.24. The Labute approximate surface area is 95.0 Å². The summed E-state index contributed by atoms with van der Waals surface area (Å²) in [6, 6.07) is 7.93. The first-order valence-electron chi connectivity index (χ1n) is 5.05. The molecule has 2 aromatic heterocycles. The molecule has 0 bridgehead atoms. The lowest BCUT2D eigenvalue weighted by molar-refractivity contribution is 1.30. The third-order valence-electron chi connectivity index (χ3n) is 2.27. The van der Waals surface area contributed by atoms with Crippen molar-refractivity contribution in [1.29, 1.82) is 0 Å². The van der Waals surface area contributed by atoms with Gasteiger partial charge in [0, 0.05) is 24.8 Å². The summed E-state index contributed by atoms with van der Waals surface area (Å²) in [6.45, 7) is 3.74. The maximum absolute atomic E-state index is 4.02. The minimum Gasteiger partial charge on any atom is -0.265 e.